The Morgan fingerprint density at radius 3 is 1.18 bits per heavy atom. The minimum absolute atomic E-state index is 0.00521. The summed E-state index contributed by atoms with van der Waals surface area (Å²) in [6.45, 7) is 12.9. The van der Waals surface area contributed by atoms with Gasteiger partial charge in [-0.15, -0.1) is 39.5 Å². The number of fused-ring (bicyclic) bond motifs is 3. The number of rotatable bonds is 6. The molecule has 0 fully saturated rings. The summed E-state index contributed by atoms with van der Waals surface area (Å²) in [6, 6.07) is 9.97. The molecule has 300 valence electrons. The molecule has 4 aromatic rings. The summed E-state index contributed by atoms with van der Waals surface area (Å²) < 4.78 is 130. The topological polar surface area (TPSA) is 192 Å². The Labute approximate surface area is 326 Å². The van der Waals surface area contributed by atoms with Crippen molar-refractivity contribution in [2.45, 2.75) is 39.9 Å². The molecule has 0 N–H and O–H groups in total. The van der Waals surface area contributed by atoms with Gasteiger partial charge in [-0.05, 0) is 55.7 Å². The van der Waals surface area contributed by atoms with Crippen LogP contribution in [0.25, 0.3) is 21.7 Å². The van der Waals surface area contributed by atoms with E-state index < -0.39 is 93.0 Å². The van der Waals surface area contributed by atoms with Crippen molar-refractivity contribution < 1.29 is 53.7 Å². The highest BCUT2D eigenvalue weighted by Crippen LogP contribution is 2.35. The van der Waals surface area contributed by atoms with E-state index in [4.69, 9.17) is 6.57 Å². The van der Waals surface area contributed by atoms with Gasteiger partial charge < -0.3 is 14.2 Å². The quantitative estimate of drug-likeness (QED) is 0.156. The summed E-state index contributed by atoms with van der Waals surface area (Å²) in [6.07, 6.45) is -16.0. The van der Waals surface area contributed by atoms with Crippen molar-refractivity contribution in [3.63, 3.8) is 0 Å². The van der Waals surface area contributed by atoms with E-state index in [1.54, 1.807) is 18.2 Å². The summed E-state index contributed by atoms with van der Waals surface area (Å²) in [5.74, 6) is -6.68. The van der Waals surface area contributed by atoms with Gasteiger partial charge in [0.25, 0.3) is 5.70 Å². The Morgan fingerprint density at radius 1 is 0.500 bits per heavy atom. The molecule has 0 amide bonds. The number of alkyl halides is 9. The second-order valence-corrected chi connectivity index (χ2v) is 12.3. The predicted octanol–water partition coefficient (Wildman–Crippen LogP) is 4.28. The first-order valence-electron chi connectivity index (χ1n) is 16.3. The van der Waals surface area contributed by atoms with Crippen LogP contribution in [-0.4, -0.2) is 34.0 Å². The van der Waals surface area contributed by atoms with Crippen molar-refractivity contribution in [3.8, 4) is 29.4 Å². The Bertz CT molecular complexity index is 3130. The summed E-state index contributed by atoms with van der Waals surface area (Å²) in [7, 11) is 0. The Kier molecular flexibility index (Phi) is 9.63. The molecule has 4 heterocycles. The molecule has 15 nitrogen and oxygen atoms in total. The average molecular weight is 835 g/mol. The zero-order valence-electron chi connectivity index (χ0n) is 30.0. The van der Waals surface area contributed by atoms with Crippen LogP contribution in [0.5, 0.6) is 17.2 Å². The number of nitriles is 2. The first-order valence-corrected chi connectivity index (χ1v) is 16.3. The third-order valence-corrected chi connectivity index (χ3v) is 8.23. The van der Waals surface area contributed by atoms with Gasteiger partial charge in [-0.1, -0.05) is 0 Å². The van der Waals surface area contributed by atoms with Crippen LogP contribution in [0, 0.1) is 50.0 Å². The van der Waals surface area contributed by atoms with Crippen molar-refractivity contribution in [2.75, 3.05) is 0 Å². The fraction of sp³-hybridized carbons (Fsp3) is 0.167. The maximum absolute atomic E-state index is 13.1. The van der Waals surface area contributed by atoms with E-state index in [1.807, 2.05) is 19.9 Å². The minimum atomic E-state index is -5.47. The molecule has 0 atom stereocenters. The van der Waals surface area contributed by atoms with Gasteiger partial charge >= 0.3 is 19.1 Å². The highest BCUT2D eigenvalue weighted by atomic mass is 19.4. The molecule has 1 aromatic heterocycles. The highest BCUT2D eigenvalue weighted by molar-refractivity contribution is 5.81. The monoisotopic (exact) mass is 834 g/mol. The fourth-order valence-electron chi connectivity index (χ4n) is 5.56. The van der Waals surface area contributed by atoms with Crippen molar-refractivity contribution in [1.29, 1.82) is 10.5 Å². The van der Waals surface area contributed by atoms with Gasteiger partial charge in [0.15, 0.2) is 46.4 Å². The lowest BCUT2D eigenvalue weighted by molar-refractivity contribution is -0.287. The van der Waals surface area contributed by atoms with Crippen LogP contribution >= 0.6 is 0 Å². The molecule has 3 aliphatic rings. The molecule has 0 saturated heterocycles. The highest BCUT2D eigenvalue weighted by Gasteiger charge is 2.37. The van der Waals surface area contributed by atoms with Gasteiger partial charge in [0.05, 0.1) is 38.7 Å². The molecule has 0 radical (unpaired) electrons. The standard InChI is InChI=1S/C36H15F9N12O3/c1-13-5-18-19(6-14(13)2)50-28(49-18)16(11-46)30-55-31(17(12-47)29-51-22-9-25(59-35(40,41)42)26(10-23(22)52-29)60-36(43,44)45)57-33(56-30)27(48-4)32-53-20-7-15(3)24(8-21(20)54-32)58-34(37,38)39/h5-10H,1-3H3/b32-27+. The molecule has 3 aromatic carbocycles. The lowest BCUT2D eigenvalue weighted by Crippen LogP contribution is -2.27. The number of hydrogen-bond donors (Lipinski definition) is 0. The van der Waals surface area contributed by atoms with Gasteiger partial charge in [-0.2, -0.15) is 10.5 Å². The van der Waals surface area contributed by atoms with Gasteiger partial charge in [0, 0.05) is 18.2 Å². The van der Waals surface area contributed by atoms with E-state index in [2.05, 4.69) is 64.0 Å². The van der Waals surface area contributed by atoms with Crippen LogP contribution in [0.15, 0.2) is 83.8 Å². The van der Waals surface area contributed by atoms with E-state index in [-0.39, 0.29) is 22.1 Å². The SMILES string of the molecule is [C-]#[N+]/C(=C1\N=c2cc(C)c(OC(F)(F)F)cc2=N1)c1nc(C(C#N)=C2N=c3cc(C)c(C)cc3=N2)nc(C(C#N)=C2N=c3cc(OC(F)(F)F)c(OC(F)(F)F)cc3=N2)n1. The number of nitrogens with zero attached hydrogens (tertiary/aromatic N) is 12. The number of hydrogen-bond acceptors (Lipinski definition) is 14. The third-order valence-electron chi connectivity index (χ3n) is 8.23. The summed E-state index contributed by atoms with van der Waals surface area (Å²) >= 11 is 0. The predicted molar refractivity (Wildman–Crippen MR) is 179 cm³/mol. The number of benzene rings is 3. The molecule has 0 unspecified atom stereocenters. The van der Waals surface area contributed by atoms with Crippen LogP contribution in [0.3, 0.4) is 0 Å². The number of aryl methyl sites for hydroxylation is 3. The number of allylic oxidation sites excluding steroid dienone is 2. The summed E-state index contributed by atoms with van der Waals surface area (Å²) in [4.78, 5) is 41.2. The Balaban J connectivity index is 1.47. The molecule has 60 heavy (non-hydrogen) atoms. The van der Waals surface area contributed by atoms with Gasteiger partial charge in [-0.25, -0.2) is 49.8 Å². The van der Waals surface area contributed by atoms with Crippen LogP contribution in [0.1, 0.15) is 34.2 Å². The first kappa shape index (κ1) is 40.1. The lowest BCUT2D eigenvalue weighted by atomic mass is 10.1. The van der Waals surface area contributed by atoms with Crippen LogP contribution < -0.4 is 46.4 Å². The largest absolute Gasteiger partial charge is 0.573 e. The van der Waals surface area contributed by atoms with Crippen molar-refractivity contribution in [3.05, 3.63) is 132 Å². The van der Waals surface area contributed by atoms with Gasteiger partial charge in [0.1, 0.15) is 29.0 Å². The maximum atomic E-state index is 13.1. The number of halogens is 9. The molecule has 3 aliphatic heterocycles. The molecule has 0 bridgehead atoms. The van der Waals surface area contributed by atoms with E-state index in [0.717, 1.165) is 17.2 Å². The Hall–Kier alpha value is -8.07. The first-order chi connectivity index (χ1) is 28.1. The van der Waals surface area contributed by atoms with E-state index in [0.29, 0.717) is 22.8 Å². The van der Waals surface area contributed by atoms with E-state index >= 15 is 0 Å². The molecular weight excluding hydrogens is 819 g/mol. The molecule has 0 saturated carbocycles. The fourth-order valence-corrected chi connectivity index (χ4v) is 5.56. The van der Waals surface area contributed by atoms with Crippen LogP contribution in [0.2, 0.25) is 0 Å². The van der Waals surface area contributed by atoms with E-state index in [9.17, 15) is 50.0 Å². The summed E-state index contributed by atoms with van der Waals surface area (Å²) in [5, 5.41) is 20.3. The van der Waals surface area contributed by atoms with Crippen LogP contribution in [0.4, 0.5) is 39.5 Å². The van der Waals surface area contributed by atoms with E-state index in [1.165, 1.54) is 13.0 Å². The zero-order valence-corrected chi connectivity index (χ0v) is 30.0. The summed E-state index contributed by atoms with van der Waals surface area (Å²) in [5.41, 5.74) is -0.0294. The lowest BCUT2D eigenvalue weighted by Gasteiger charge is -2.14. The van der Waals surface area contributed by atoms with Crippen LogP contribution in [-0.2, 0) is 0 Å². The van der Waals surface area contributed by atoms with Gasteiger partial charge in [0.2, 0.25) is 0 Å². The second-order valence-electron chi connectivity index (χ2n) is 12.3. The van der Waals surface area contributed by atoms with Crippen molar-refractivity contribution in [2.24, 2.45) is 30.0 Å². The molecule has 0 aliphatic carbocycles. The second kappa shape index (κ2) is 14.4. The van der Waals surface area contributed by atoms with Crippen molar-refractivity contribution >= 4 is 16.8 Å². The molecule has 7 rings (SSSR count). The Morgan fingerprint density at radius 2 is 0.817 bits per heavy atom. The third kappa shape index (κ3) is 8.17. The number of ether oxygens (including phenoxy) is 3. The minimum Gasteiger partial charge on any atom is -0.405 e. The molecular formula is C36H15F9N12O3. The molecule has 0 spiro atoms. The molecule has 24 heteroatoms. The zero-order chi connectivity index (χ0) is 43.5. The smallest absolute Gasteiger partial charge is 0.405 e. The normalized spacial score (nSPS) is 14.6. The average Bonchev–Trinajstić information content (AvgIpc) is 3.84. The van der Waals surface area contributed by atoms with Gasteiger partial charge in [-0.3, -0.25) is 0 Å². The van der Waals surface area contributed by atoms with Crippen molar-refractivity contribution in [1.82, 2.24) is 15.0 Å². The number of aromatic nitrogens is 3. The maximum Gasteiger partial charge on any atom is 0.573 e.